The molecule has 1 saturated heterocycles. The van der Waals surface area contributed by atoms with Gasteiger partial charge in [0.05, 0.1) is 12.2 Å². The number of benzene rings is 1. The fourth-order valence-corrected chi connectivity index (χ4v) is 3.30. The Morgan fingerprint density at radius 3 is 2.57 bits per heavy atom. The summed E-state index contributed by atoms with van der Waals surface area (Å²) >= 11 is 0. The summed E-state index contributed by atoms with van der Waals surface area (Å²) < 4.78 is 23.2. The van der Waals surface area contributed by atoms with Crippen LogP contribution in [0.3, 0.4) is 0 Å². The first-order valence-corrected chi connectivity index (χ1v) is 9.58. The van der Waals surface area contributed by atoms with Gasteiger partial charge in [-0.2, -0.15) is 0 Å². The van der Waals surface area contributed by atoms with Crippen LogP contribution in [0, 0.1) is 0 Å². The highest BCUT2D eigenvalue weighted by Crippen LogP contribution is 2.38. The fourth-order valence-electron chi connectivity index (χ4n) is 3.30. The second-order valence-corrected chi connectivity index (χ2v) is 7.54. The Morgan fingerprint density at radius 2 is 1.96 bits per heavy atom. The number of hydrogen-bond acceptors (Lipinski definition) is 6. The van der Waals surface area contributed by atoms with Gasteiger partial charge in [0.2, 0.25) is 5.91 Å². The van der Waals surface area contributed by atoms with Gasteiger partial charge in [0.1, 0.15) is 24.5 Å². The van der Waals surface area contributed by atoms with Crippen molar-refractivity contribution in [1.29, 1.82) is 0 Å². The first-order chi connectivity index (χ1) is 13.3. The van der Waals surface area contributed by atoms with Crippen molar-refractivity contribution >= 4 is 30.3 Å². The summed E-state index contributed by atoms with van der Waals surface area (Å²) in [5.74, 6) is 0.410. The Bertz CT molecular complexity index is 731. The van der Waals surface area contributed by atoms with Crippen molar-refractivity contribution in [1.82, 2.24) is 5.32 Å². The van der Waals surface area contributed by atoms with Gasteiger partial charge in [-0.05, 0) is 45.3 Å². The number of anilines is 1. The predicted octanol–water partition coefficient (Wildman–Crippen LogP) is 1.45. The standard InChI is InChI=1S/C19H27BN2O6/c1-11(2)27-20(28-12(3)4)14-6-7-15-17(8-14)25-10-16-18(9-21-13(5)23)26-19(24)22(15)16/h6-8,11-12,16,18H,9-10H2,1-5H3,(H,21,23). The zero-order chi connectivity index (χ0) is 20.4. The van der Waals surface area contributed by atoms with Gasteiger partial charge in [-0.25, -0.2) is 4.79 Å². The molecular weight excluding hydrogens is 363 g/mol. The molecule has 1 aromatic carbocycles. The minimum Gasteiger partial charge on any atom is -0.489 e. The Morgan fingerprint density at radius 1 is 1.29 bits per heavy atom. The summed E-state index contributed by atoms with van der Waals surface area (Å²) in [5.41, 5.74) is 1.46. The van der Waals surface area contributed by atoms with Crippen molar-refractivity contribution in [2.75, 3.05) is 18.1 Å². The maximum Gasteiger partial charge on any atom is 0.494 e. The van der Waals surface area contributed by atoms with E-state index in [-0.39, 0.29) is 37.3 Å². The molecule has 2 atom stereocenters. The molecule has 2 heterocycles. The van der Waals surface area contributed by atoms with Crippen LogP contribution < -0.4 is 20.4 Å². The normalized spacial score (nSPS) is 20.5. The van der Waals surface area contributed by atoms with Crippen molar-refractivity contribution in [3.05, 3.63) is 18.2 Å². The van der Waals surface area contributed by atoms with Crippen LogP contribution in [0.1, 0.15) is 34.6 Å². The van der Waals surface area contributed by atoms with Gasteiger partial charge in [-0.1, -0.05) is 6.07 Å². The number of hydrogen-bond donors (Lipinski definition) is 1. The van der Waals surface area contributed by atoms with Crippen LogP contribution >= 0.6 is 0 Å². The Labute approximate surface area is 165 Å². The van der Waals surface area contributed by atoms with Crippen LogP contribution in [-0.4, -0.2) is 56.6 Å². The molecule has 28 heavy (non-hydrogen) atoms. The lowest BCUT2D eigenvalue weighted by atomic mass is 9.77. The largest absolute Gasteiger partial charge is 0.494 e. The molecule has 2 aliphatic rings. The number of carbonyl (C=O) groups is 2. The molecular formula is C19H27BN2O6. The second kappa shape index (κ2) is 8.40. The van der Waals surface area contributed by atoms with Gasteiger partial charge < -0.3 is 24.1 Å². The maximum absolute atomic E-state index is 12.4. The molecule has 0 spiro atoms. The summed E-state index contributed by atoms with van der Waals surface area (Å²) in [5, 5.41) is 2.69. The number of fused-ring (bicyclic) bond motifs is 3. The molecule has 0 saturated carbocycles. The monoisotopic (exact) mass is 390 g/mol. The molecule has 2 unspecified atom stereocenters. The van der Waals surface area contributed by atoms with Gasteiger partial charge in [0.25, 0.3) is 0 Å². The zero-order valence-electron chi connectivity index (χ0n) is 16.9. The van der Waals surface area contributed by atoms with Crippen LogP contribution in [-0.2, 0) is 18.8 Å². The topological polar surface area (TPSA) is 86.3 Å². The van der Waals surface area contributed by atoms with Gasteiger partial charge in [0, 0.05) is 19.1 Å². The summed E-state index contributed by atoms with van der Waals surface area (Å²) in [7, 11) is -0.523. The lowest BCUT2D eigenvalue weighted by molar-refractivity contribution is -0.119. The molecule has 2 amide bonds. The van der Waals surface area contributed by atoms with E-state index in [9.17, 15) is 9.59 Å². The van der Waals surface area contributed by atoms with Gasteiger partial charge in [0.15, 0.2) is 0 Å². The van der Waals surface area contributed by atoms with Crippen molar-refractivity contribution in [2.45, 2.75) is 59.0 Å². The van der Waals surface area contributed by atoms with E-state index < -0.39 is 19.3 Å². The first kappa shape index (κ1) is 20.5. The minimum atomic E-state index is -0.523. The molecule has 1 fully saturated rings. The highest BCUT2D eigenvalue weighted by atomic mass is 16.6. The van der Waals surface area contributed by atoms with E-state index in [1.165, 1.54) is 6.92 Å². The van der Waals surface area contributed by atoms with E-state index in [0.29, 0.717) is 11.4 Å². The lowest BCUT2D eigenvalue weighted by Gasteiger charge is -2.32. The van der Waals surface area contributed by atoms with Gasteiger partial charge >= 0.3 is 13.2 Å². The van der Waals surface area contributed by atoms with E-state index in [2.05, 4.69) is 5.32 Å². The highest BCUT2D eigenvalue weighted by Gasteiger charge is 2.46. The first-order valence-electron chi connectivity index (χ1n) is 9.58. The third-order valence-corrected chi connectivity index (χ3v) is 4.48. The molecule has 0 aliphatic carbocycles. The number of nitrogens with zero attached hydrogens (tertiary/aromatic N) is 1. The van der Waals surface area contributed by atoms with E-state index in [0.717, 1.165) is 5.46 Å². The molecule has 9 heteroatoms. The molecule has 1 N–H and O–H groups in total. The van der Waals surface area contributed by atoms with Crippen LogP contribution in [0.4, 0.5) is 10.5 Å². The second-order valence-electron chi connectivity index (χ2n) is 7.54. The number of amides is 2. The summed E-state index contributed by atoms with van der Waals surface area (Å²) in [4.78, 5) is 25.2. The van der Waals surface area contributed by atoms with Gasteiger partial charge in [-0.15, -0.1) is 0 Å². The summed E-state index contributed by atoms with van der Waals surface area (Å²) in [6.45, 7) is 9.77. The van der Waals surface area contributed by atoms with Crippen LogP contribution in [0.15, 0.2) is 18.2 Å². The molecule has 0 bridgehead atoms. The molecule has 0 radical (unpaired) electrons. The molecule has 0 aromatic heterocycles. The number of nitrogens with one attached hydrogen (secondary N) is 1. The van der Waals surface area contributed by atoms with Crippen LogP contribution in [0.25, 0.3) is 0 Å². The van der Waals surface area contributed by atoms with Crippen molar-refractivity contribution < 1.29 is 28.4 Å². The average molecular weight is 390 g/mol. The van der Waals surface area contributed by atoms with E-state index in [4.69, 9.17) is 18.8 Å². The highest BCUT2D eigenvalue weighted by molar-refractivity contribution is 6.61. The molecule has 1 aromatic rings. The third-order valence-electron chi connectivity index (χ3n) is 4.48. The third kappa shape index (κ3) is 4.42. The number of ether oxygens (including phenoxy) is 2. The quantitative estimate of drug-likeness (QED) is 0.710. The predicted molar refractivity (Wildman–Crippen MR) is 105 cm³/mol. The maximum atomic E-state index is 12.4. The Kier molecular flexibility index (Phi) is 6.15. The van der Waals surface area contributed by atoms with E-state index in [1.807, 2.05) is 45.9 Å². The number of rotatable bonds is 7. The lowest BCUT2D eigenvalue weighted by Crippen LogP contribution is -2.48. The van der Waals surface area contributed by atoms with Crippen molar-refractivity contribution in [3.63, 3.8) is 0 Å². The van der Waals surface area contributed by atoms with Crippen molar-refractivity contribution in [2.24, 2.45) is 0 Å². The zero-order valence-corrected chi connectivity index (χ0v) is 16.9. The van der Waals surface area contributed by atoms with Crippen LogP contribution in [0.5, 0.6) is 5.75 Å². The molecule has 8 nitrogen and oxygen atoms in total. The van der Waals surface area contributed by atoms with Gasteiger partial charge in [-0.3, -0.25) is 9.69 Å². The summed E-state index contributed by atoms with van der Waals surface area (Å²) in [6.07, 6.45) is -0.905. The van der Waals surface area contributed by atoms with E-state index in [1.54, 1.807) is 4.90 Å². The average Bonchev–Trinajstić information content (AvgIpc) is 2.94. The smallest absolute Gasteiger partial charge is 0.489 e. The Hall–Kier alpha value is -2.26. The fraction of sp³-hybridized carbons (Fsp3) is 0.579. The molecule has 2 aliphatic heterocycles. The van der Waals surface area contributed by atoms with Crippen molar-refractivity contribution in [3.8, 4) is 5.75 Å². The Balaban J connectivity index is 1.82. The minimum absolute atomic E-state index is 0.00632. The number of cyclic esters (lactones) is 1. The molecule has 3 rings (SSSR count). The van der Waals surface area contributed by atoms with Crippen LogP contribution in [0.2, 0.25) is 0 Å². The summed E-state index contributed by atoms with van der Waals surface area (Å²) in [6, 6.07) is 5.25. The van der Waals surface area contributed by atoms with E-state index >= 15 is 0 Å². The SMILES string of the molecule is CC(=O)NCC1OC(=O)N2c3ccc(B(OC(C)C)OC(C)C)cc3OCC12. The number of carbonyl (C=O) groups excluding carboxylic acids is 2. The molecule has 152 valence electrons.